The Balaban J connectivity index is 1.64. The maximum Gasteiger partial charge on any atom is 0.219 e. The number of ketones is 2. The summed E-state index contributed by atoms with van der Waals surface area (Å²) in [7, 11) is 0. The van der Waals surface area contributed by atoms with Crippen LogP contribution in [0, 0.1) is 0 Å². The van der Waals surface area contributed by atoms with Crippen molar-refractivity contribution in [1.82, 2.24) is 0 Å². The minimum absolute atomic E-state index is 0.00573. The van der Waals surface area contributed by atoms with Crippen LogP contribution in [0.25, 0.3) is 0 Å². The second-order valence-corrected chi connectivity index (χ2v) is 7.90. The lowest BCUT2D eigenvalue weighted by molar-refractivity contribution is 0.0978. The third-order valence-electron chi connectivity index (χ3n) is 4.99. The zero-order valence-corrected chi connectivity index (χ0v) is 14.6. The normalized spacial score (nSPS) is 17.1. The second-order valence-electron chi connectivity index (χ2n) is 6.63. The van der Waals surface area contributed by atoms with Gasteiger partial charge in [-0.3, -0.25) is 14.4 Å². The summed E-state index contributed by atoms with van der Waals surface area (Å²) in [4.78, 5) is 38.0. The summed E-state index contributed by atoms with van der Waals surface area (Å²) in [5, 5.41) is 0.365. The molecule has 0 unspecified atom stereocenters. The Hall–Kier alpha value is -2.20. The maximum absolute atomic E-state index is 12.7. The predicted octanol–water partition coefficient (Wildman–Crippen LogP) is 4.67. The molecule has 2 aliphatic rings. The highest BCUT2D eigenvalue weighted by molar-refractivity contribution is 8.14. The topological polar surface area (TPSA) is 51.2 Å². The summed E-state index contributed by atoms with van der Waals surface area (Å²) < 4.78 is 0. The summed E-state index contributed by atoms with van der Waals surface area (Å²) in [6.07, 6.45) is 5.76. The molecule has 126 valence electrons. The fraction of sp³-hybridized carbons (Fsp3) is 0.286. The van der Waals surface area contributed by atoms with Gasteiger partial charge in [-0.05, 0) is 31.0 Å². The van der Waals surface area contributed by atoms with Crippen LogP contribution in [0.15, 0.2) is 42.5 Å². The van der Waals surface area contributed by atoms with Crippen LogP contribution in [0.2, 0.25) is 0 Å². The molecule has 4 heteroatoms. The molecular formula is C21H18O3S. The monoisotopic (exact) mass is 350 g/mol. The molecule has 3 nitrogen and oxygen atoms in total. The summed E-state index contributed by atoms with van der Waals surface area (Å²) in [5.74, 6) is -0.327. The second kappa shape index (κ2) is 6.60. The average Bonchev–Trinajstić information content (AvgIpc) is 2.66. The molecule has 0 N–H and O–H groups in total. The number of thioether (sulfide) groups is 1. The molecule has 25 heavy (non-hydrogen) atoms. The highest BCUT2D eigenvalue weighted by Crippen LogP contribution is 2.32. The first-order valence-corrected chi connectivity index (χ1v) is 9.56. The van der Waals surface area contributed by atoms with E-state index in [1.807, 2.05) is 0 Å². The van der Waals surface area contributed by atoms with Gasteiger partial charge in [-0.1, -0.05) is 55.3 Å². The molecule has 2 aromatic rings. The number of hydrogen-bond donors (Lipinski definition) is 0. The lowest BCUT2D eigenvalue weighted by atomic mass is 9.83. The van der Waals surface area contributed by atoms with Crippen LogP contribution in [0.5, 0.6) is 0 Å². The van der Waals surface area contributed by atoms with E-state index in [0.717, 1.165) is 12.8 Å². The van der Waals surface area contributed by atoms with Gasteiger partial charge in [-0.15, -0.1) is 0 Å². The highest BCUT2D eigenvalue weighted by atomic mass is 32.2. The van der Waals surface area contributed by atoms with Crippen LogP contribution >= 0.6 is 11.8 Å². The number of carbonyl (C=O) groups is 3. The molecule has 0 radical (unpaired) electrons. The molecule has 0 bridgehead atoms. The molecule has 0 atom stereocenters. The van der Waals surface area contributed by atoms with Crippen molar-refractivity contribution in [3.8, 4) is 0 Å². The van der Waals surface area contributed by atoms with Crippen molar-refractivity contribution in [3.05, 3.63) is 70.3 Å². The van der Waals surface area contributed by atoms with Gasteiger partial charge in [0.25, 0.3) is 0 Å². The molecule has 1 saturated carbocycles. The Morgan fingerprint density at radius 1 is 0.800 bits per heavy atom. The molecule has 0 amide bonds. The van der Waals surface area contributed by atoms with Crippen molar-refractivity contribution in [2.24, 2.45) is 0 Å². The van der Waals surface area contributed by atoms with E-state index in [2.05, 4.69) is 0 Å². The van der Waals surface area contributed by atoms with Crippen LogP contribution in [0.1, 0.15) is 74.3 Å². The Bertz CT molecular complexity index is 878. The Morgan fingerprint density at radius 3 is 2.08 bits per heavy atom. The van der Waals surface area contributed by atoms with Gasteiger partial charge in [-0.25, -0.2) is 0 Å². The van der Waals surface area contributed by atoms with Crippen LogP contribution in [0.4, 0.5) is 0 Å². The first-order valence-electron chi connectivity index (χ1n) is 8.68. The van der Waals surface area contributed by atoms with Crippen LogP contribution in [-0.2, 0) is 0 Å². The largest absolute Gasteiger partial charge is 0.289 e. The summed E-state index contributed by atoms with van der Waals surface area (Å²) in [6.45, 7) is 0. The zero-order valence-electron chi connectivity index (χ0n) is 13.8. The molecule has 2 aliphatic carbocycles. The van der Waals surface area contributed by atoms with Crippen LogP contribution in [0.3, 0.4) is 0 Å². The van der Waals surface area contributed by atoms with Crippen molar-refractivity contribution >= 4 is 28.4 Å². The van der Waals surface area contributed by atoms with Crippen molar-refractivity contribution in [2.45, 2.75) is 37.4 Å². The van der Waals surface area contributed by atoms with Gasteiger partial charge in [0, 0.05) is 33.1 Å². The van der Waals surface area contributed by atoms with E-state index in [-0.39, 0.29) is 16.7 Å². The number of benzene rings is 2. The van der Waals surface area contributed by atoms with E-state index < -0.39 is 0 Å². The van der Waals surface area contributed by atoms with Gasteiger partial charge in [0.2, 0.25) is 5.12 Å². The molecule has 1 fully saturated rings. The minimum atomic E-state index is -0.178. The SMILES string of the molecule is O=C(SC1CCCCC1)c1ccc2c(c1)C(=O)c1ccccc1C2=O. The average molecular weight is 350 g/mol. The molecule has 2 aromatic carbocycles. The van der Waals surface area contributed by atoms with Gasteiger partial charge in [0.1, 0.15) is 0 Å². The minimum Gasteiger partial charge on any atom is -0.289 e. The van der Waals surface area contributed by atoms with Crippen molar-refractivity contribution in [1.29, 1.82) is 0 Å². The lowest BCUT2D eigenvalue weighted by Crippen LogP contribution is -2.21. The van der Waals surface area contributed by atoms with Crippen molar-refractivity contribution in [3.63, 3.8) is 0 Å². The van der Waals surface area contributed by atoms with E-state index in [4.69, 9.17) is 0 Å². The van der Waals surface area contributed by atoms with E-state index in [1.54, 1.807) is 42.5 Å². The predicted molar refractivity (Wildman–Crippen MR) is 98.5 cm³/mol. The van der Waals surface area contributed by atoms with Crippen LogP contribution < -0.4 is 0 Å². The third-order valence-corrected chi connectivity index (χ3v) is 6.24. The van der Waals surface area contributed by atoms with Crippen LogP contribution in [-0.4, -0.2) is 21.9 Å². The van der Waals surface area contributed by atoms with E-state index in [9.17, 15) is 14.4 Å². The van der Waals surface area contributed by atoms with Gasteiger partial charge >= 0.3 is 0 Å². The summed E-state index contributed by atoms with van der Waals surface area (Å²) in [5.41, 5.74) is 2.11. The standard InChI is InChI=1S/C21H18O3S/c22-19-15-8-4-5-9-16(15)20(23)18-12-13(10-11-17(18)19)21(24)25-14-6-2-1-3-7-14/h4-5,8-12,14H,1-3,6-7H2. The quantitative estimate of drug-likeness (QED) is 0.674. The third kappa shape index (κ3) is 2.95. The molecule has 0 aromatic heterocycles. The highest BCUT2D eigenvalue weighted by Gasteiger charge is 2.30. The van der Waals surface area contributed by atoms with Gasteiger partial charge in [-0.2, -0.15) is 0 Å². The first kappa shape index (κ1) is 16.3. The fourth-order valence-electron chi connectivity index (χ4n) is 3.63. The summed E-state index contributed by atoms with van der Waals surface area (Å²) in [6, 6.07) is 11.8. The van der Waals surface area contributed by atoms with Gasteiger partial charge in [0.05, 0.1) is 0 Å². The molecule has 0 spiro atoms. The fourth-order valence-corrected chi connectivity index (χ4v) is 4.76. The zero-order chi connectivity index (χ0) is 17.4. The number of hydrogen-bond acceptors (Lipinski definition) is 4. The maximum atomic E-state index is 12.7. The first-order chi connectivity index (χ1) is 12.1. The molecular weight excluding hydrogens is 332 g/mol. The van der Waals surface area contributed by atoms with E-state index >= 15 is 0 Å². The Labute approximate surface area is 150 Å². The molecule has 4 rings (SSSR count). The molecule has 0 aliphatic heterocycles. The smallest absolute Gasteiger partial charge is 0.219 e. The van der Waals surface area contributed by atoms with E-state index in [0.29, 0.717) is 33.1 Å². The number of fused-ring (bicyclic) bond motifs is 2. The summed E-state index contributed by atoms with van der Waals surface area (Å²) >= 11 is 1.38. The van der Waals surface area contributed by atoms with E-state index in [1.165, 1.54) is 31.0 Å². The number of rotatable bonds is 2. The lowest BCUT2D eigenvalue weighted by Gasteiger charge is -2.21. The van der Waals surface area contributed by atoms with Crippen molar-refractivity contribution in [2.75, 3.05) is 0 Å². The Morgan fingerprint density at radius 2 is 1.40 bits per heavy atom. The molecule has 0 heterocycles. The number of carbonyl (C=O) groups excluding carboxylic acids is 3. The van der Waals surface area contributed by atoms with Gasteiger partial charge in [0.15, 0.2) is 11.6 Å². The van der Waals surface area contributed by atoms with Crippen molar-refractivity contribution < 1.29 is 14.4 Å². The van der Waals surface area contributed by atoms with Gasteiger partial charge < -0.3 is 0 Å². The molecule has 0 saturated heterocycles. The Kier molecular flexibility index (Phi) is 4.30.